The number of rotatable bonds is 18. The Hall–Kier alpha value is -2.13. The van der Waals surface area contributed by atoms with Gasteiger partial charge in [-0.2, -0.15) is 17.4 Å². The van der Waals surface area contributed by atoms with Gasteiger partial charge in [0.25, 0.3) is 16.1 Å². The summed E-state index contributed by atoms with van der Waals surface area (Å²) < 4.78 is 41.3. The maximum Gasteiger partial charge on any atom is 0.280 e. The largest absolute Gasteiger partial charge is 0.390 e. The highest BCUT2D eigenvalue weighted by molar-refractivity contribution is 7.87. The highest BCUT2D eigenvalue weighted by atomic mass is 32.2. The molecule has 13 heteroatoms. The topological polar surface area (TPSA) is 167 Å². The Kier molecular flexibility index (Phi) is 15.7. The van der Waals surface area contributed by atoms with E-state index in [1.807, 2.05) is 26.8 Å². The van der Waals surface area contributed by atoms with E-state index in [1.165, 1.54) is 4.31 Å². The zero-order valence-corrected chi connectivity index (χ0v) is 27.8. The van der Waals surface area contributed by atoms with Crippen LogP contribution in [0.25, 0.3) is 0 Å². The van der Waals surface area contributed by atoms with Crippen molar-refractivity contribution in [2.24, 2.45) is 11.8 Å². The van der Waals surface area contributed by atoms with Gasteiger partial charge in [0.15, 0.2) is 0 Å². The first-order chi connectivity index (χ1) is 21.5. The highest BCUT2D eigenvalue weighted by Gasteiger charge is 2.36. The lowest BCUT2D eigenvalue weighted by Crippen LogP contribution is -2.59. The van der Waals surface area contributed by atoms with Crippen LogP contribution in [0.2, 0.25) is 0 Å². The summed E-state index contributed by atoms with van der Waals surface area (Å²) in [6, 6.07) is 7.02. The van der Waals surface area contributed by atoms with Crippen molar-refractivity contribution in [3.05, 3.63) is 35.9 Å². The Morgan fingerprint density at radius 2 is 1.69 bits per heavy atom. The number of carbonyl (C=O) groups is 2. The fraction of sp³-hybridized carbons (Fsp3) is 0.750. The molecule has 1 saturated heterocycles. The summed E-state index contributed by atoms with van der Waals surface area (Å²) in [6.07, 6.45) is 3.08. The molecule has 3 rings (SSSR count). The molecule has 0 bridgehead atoms. The molecular weight excluding hydrogens is 600 g/mol. The molecule has 2 aliphatic rings. The summed E-state index contributed by atoms with van der Waals surface area (Å²) in [4.78, 5) is 27.4. The molecule has 1 saturated carbocycles. The molecule has 1 aromatic carbocycles. The third kappa shape index (κ3) is 12.5. The third-order valence-electron chi connectivity index (χ3n) is 8.36. The average molecular weight is 655 g/mol. The molecule has 1 heterocycles. The molecule has 256 valence electrons. The standard InChI is InChI=1S/C32H54N4O8S/c1-4-17-44-32(31(40)33-26(21-24-11-7-5-8-12-24)29(38)28(37)20-23(2)3)34-30(39)27(22-25-13-9-6-10-14-25)35-45(41,42)36-15-18-43-19-16-36/h6,9-10,13-14,23-24,26-29,32,35,37-38H,4-5,7-8,11-12,15-22H2,1-3H3,(H,33,40)(H,34,39)/t26-,27-,28-,29+,32-/m0/s1. The molecular formula is C32H54N4O8S. The average Bonchev–Trinajstić information content (AvgIpc) is 3.02. The lowest BCUT2D eigenvalue weighted by Gasteiger charge is -2.34. The van der Waals surface area contributed by atoms with Gasteiger partial charge in [-0.25, -0.2) is 0 Å². The Labute approximate surface area is 268 Å². The number of hydrogen-bond donors (Lipinski definition) is 5. The fourth-order valence-corrected chi connectivity index (χ4v) is 7.27. The molecule has 0 spiro atoms. The van der Waals surface area contributed by atoms with Gasteiger partial charge in [-0.15, -0.1) is 0 Å². The number of morpholine rings is 1. The van der Waals surface area contributed by atoms with Gasteiger partial charge in [-0.1, -0.05) is 83.2 Å². The van der Waals surface area contributed by atoms with E-state index in [-0.39, 0.29) is 45.2 Å². The van der Waals surface area contributed by atoms with Gasteiger partial charge in [0.2, 0.25) is 12.1 Å². The van der Waals surface area contributed by atoms with E-state index in [4.69, 9.17) is 9.47 Å². The zero-order chi connectivity index (χ0) is 32.8. The highest BCUT2D eigenvalue weighted by Crippen LogP contribution is 2.29. The normalized spacial score (nSPS) is 20.2. The summed E-state index contributed by atoms with van der Waals surface area (Å²) in [5.74, 6) is -0.957. The van der Waals surface area contributed by atoms with Crippen LogP contribution < -0.4 is 15.4 Å². The number of amides is 2. The zero-order valence-electron chi connectivity index (χ0n) is 27.0. The van der Waals surface area contributed by atoms with Crippen LogP contribution in [0, 0.1) is 11.8 Å². The summed E-state index contributed by atoms with van der Waals surface area (Å²) in [6.45, 7) is 6.75. The molecule has 1 aromatic rings. The van der Waals surface area contributed by atoms with Crippen LogP contribution in [-0.2, 0) is 35.7 Å². The van der Waals surface area contributed by atoms with E-state index < -0.39 is 52.5 Å². The van der Waals surface area contributed by atoms with Crippen LogP contribution in [0.15, 0.2) is 30.3 Å². The number of benzene rings is 1. The van der Waals surface area contributed by atoms with E-state index in [0.29, 0.717) is 25.2 Å². The van der Waals surface area contributed by atoms with E-state index >= 15 is 0 Å². The SMILES string of the molecule is CCCO[C@H](NC(=O)[C@H](Cc1ccccc1)NS(=O)(=O)N1CCOCC1)C(=O)N[C@@H](CC1CCCCC1)[C@@H](O)[C@@H](O)CC(C)C. The monoisotopic (exact) mass is 654 g/mol. The number of nitrogens with zero attached hydrogens (tertiary/aromatic N) is 1. The molecule has 5 N–H and O–H groups in total. The molecule has 2 amide bonds. The van der Waals surface area contributed by atoms with E-state index in [9.17, 15) is 28.2 Å². The van der Waals surface area contributed by atoms with Crippen molar-refractivity contribution in [2.45, 2.75) is 109 Å². The second-order valence-electron chi connectivity index (χ2n) is 12.7. The molecule has 2 fully saturated rings. The maximum absolute atomic E-state index is 13.7. The summed E-state index contributed by atoms with van der Waals surface area (Å²) in [5.41, 5.74) is 0.729. The van der Waals surface area contributed by atoms with Gasteiger partial charge in [0.1, 0.15) is 12.1 Å². The number of aliphatic hydroxyl groups is 2. The molecule has 5 atom stereocenters. The van der Waals surface area contributed by atoms with Gasteiger partial charge >= 0.3 is 0 Å². The van der Waals surface area contributed by atoms with Crippen molar-refractivity contribution in [1.29, 1.82) is 0 Å². The van der Waals surface area contributed by atoms with E-state index in [1.54, 1.807) is 24.3 Å². The molecule has 1 aliphatic heterocycles. The number of nitrogens with one attached hydrogen (secondary N) is 3. The molecule has 12 nitrogen and oxygen atoms in total. The lowest BCUT2D eigenvalue weighted by molar-refractivity contribution is -0.143. The van der Waals surface area contributed by atoms with Gasteiger partial charge in [0, 0.05) is 19.7 Å². The maximum atomic E-state index is 13.7. The van der Waals surface area contributed by atoms with Crippen molar-refractivity contribution in [2.75, 3.05) is 32.9 Å². The summed E-state index contributed by atoms with van der Waals surface area (Å²) in [5, 5.41) is 27.4. The van der Waals surface area contributed by atoms with Crippen LogP contribution in [0.5, 0.6) is 0 Å². The molecule has 0 aromatic heterocycles. The molecule has 1 aliphatic carbocycles. The Morgan fingerprint density at radius 3 is 2.31 bits per heavy atom. The quantitative estimate of drug-likeness (QED) is 0.150. The van der Waals surface area contributed by atoms with Crippen molar-refractivity contribution in [1.82, 2.24) is 19.7 Å². The minimum atomic E-state index is -4.05. The van der Waals surface area contributed by atoms with Crippen molar-refractivity contribution in [3.8, 4) is 0 Å². The molecule has 0 radical (unpaired) electrons. The number of aliphatic hydroxyl groups excluding tert-OH is 2. The van der Waals surface area contributed by atoms with Crippen LogP contribution >= 0.6 is 0 Å². The van der Waals surface area contributed by atoms with Gasteiger partial charge in [0.05, 0.1) is 25.4 Å². The van der Waals surface area contributed by atoms with Crippen LogP contribution in [0.3, 0.4) is 0 Å². The van der Waals surface area contributed by atoms with Crippen molar-refractivity contribution < 1.29 is 37.7 Å². The van der Waals surface area contributed by atoms with Crippen LogP contribution in [0.1, 0.15) is 77.7 Å². The van der Waals surface area contributed by atoms with Gasteiger partial charge in [-0.05, 0) is 43.1 Å². The van der Waals surface area contributed by atoms with E-state index in [2.05, 4.69) is 15.4 Å². The second kappa shape index (κ2) is 18.9. The fourth-order valence-electron chi connectivity index (χ4n) is 5.94. The third-order valence-corrected chi connectivity index (χ3v) is 9.99. The van der Waals surface area contributed by atoms with E-state index in [0.717, 1.165) is 37.7 Å². The van der Waals surface area contributed by atoms with Crippen molar-refractivity contribution in [3.63, 3.8) is 0 Å². The Morgan fingerprint density at radius 1 is 1.02 bits per heavy atom. The molecule has 45 heavy (non-hydrogen) atoms. The first kappa shape index (κ1) is 37.3. The predicted molar refractivity (Wildman–Crippen MR) is 171 cm³/mol. The minimum absolute atomic E-state index is 0.0444. The van der Waals surface area contributed by atoms with Gasteiger partial charge < -0.3 is 30.3 Å². The Bertz CT molecular complexity index is 1130. The Balaban J connectivity index is 1.80. The lowest BCUT2D eigenvalue weighted by atomic mass is 9.82. The number of ether oxygens (including phenoxy) is 2. The smallest absolute Gasteiger partial charge is 0.280 e. The number of carbonyl (C=O) groups excluding carboxylic acids is 2. The van der Waals surface area contributed by atoms with Gasteiger partial charge in [-0.3, -0.25) is 9.59 Å². The van der Waals surface area contributed by atoms with Crippen LogP contribution in [-0.4, -0.2) is 98.2 Å². The minimum Gasteiger partial charge on any atom is -0.390 e. The number of hydrogen-bond acceptors (Lipinski definition) is 8. The first-order valence-corrected chi connectivity index (χ1v) is 17.9. The van der Waals surface area contributed by atoms with Crippen molar-refractivity contribution >= 4 is 22.0 Å². The summed E-state index contributed by atoms with van der Waals surface area (Å²) in [7, 11) is -4.05. The molecule has 0 unspecified atom stereocenters. The summed E-state index contributed by atoms with van der Waals surface area (Å²) >= 11 is 0. The second-order valence-corrected chi connectivity index (χ2v) is 14.4. The first-order valence-electron chi connectivity index (χ1n) is 16.5. The van der Waals surface area contributed by atoms with Crippen LogP contribution in [0.4, 0.5) is 0 Å². The predicted octanol–water partition coefficient (Wildman–Crippen LogP) is 1.86.